The van der Waals surface area contributed by atoms with Crippen LogP contribution in [0.25, 0.3) is 11.1 Å². The number of halogens is 1. The van der Waals surface area contributed by atoms with Gasteiger partial charge in [-0.1, -0.05) is 24.3 Å². The summed E-state index contributed by atoms with van der Waals surface area (Å²) in [5.74, 6) is -0.346. The lowest BCUT2D eigenvalue weighted by Crippen LogP contribution is -2.19. The highest BCUT2D eigenvalue weighted by Gasteiger charge is 2.04. The van der Waals surface area contributed by atoms with E-state index in [9.17, 15) is 9.18 Å². The molecule has 2 rings (SSSR count). The smallest absolute Gasteiger partial charge is 0.404 e. The quantitative estimate of drug-likeness (QED) is 0.743. The molecule has 0 spiro atoms. The zero-order valence-electron chi connectivity index (χ0n) is 10.1. The molecule has 0 radical (unpaired) electrons. The summed E-state index contributed by atoms with van der Waals surface area (Å²) < 4.78 is 13.2. The first-order valence-electron chi connectivity index (χ1n) is 5.67. The summed E-state index contributed by atoms with van der Waals surface area (Å²) in [7, 11) is 0. The number of nitrogen functional groups attached to an aromatic ring is 1. The van der Waals surface area contributed by atoms with E-state index in [2.05, 4.69) is 5.32 Å². The molecule has 0 saturated heterocycles. The number of hydrogen-bond acceptors (Lipinski definition) is 2. The summed E-state index contributed by atoms with van der Waals surface area (Å²) in [6.45, 7) is 0.230. The molecule has 1 amide bonds. The number of benzene rings is 2. The van der Waals surface area contributed by atoms with E-state index in [-0.39, 0.29) is 12.4 Å². The molecule has 98 valence electrons. The Morgan fingerprint density at radius 2 is 1.89 bits per heavy atom. The second-order valence-corrected chi connectivity index (χ2v) is 4.09. The fraction of sp³-hybridized carbons (Fsp3) is 0.0714. The molecule has 0 unspecified atom stereocenters. The van der Waals surface area contributed by atoms with Crippen LogP contribution in [0, 0.1) is 5.82 Å². The Kier molecular flexibility index (Phi) is 3.66. The van der Waals surface area contributed by atoms with Crippen LogP contribution in [0.4, 0.5) is 14.9 Å². The number of carbonyl (C=O) groups is 1. The maximum Gasteiger partial charge on any atom is 0.404 e. The Morgan fingerprint density at radius 3 is 2.53 bits per heavy atom. The van der Waals surface area contributed by atoms with Gasteiger partial charge < -0.3 is 16.2 Å². The topological polar surface area (TPSA) is 75.3 Å². The van der Waals surface area contributed by atoms with Gasteiger partial charge in [0.2, 0.25) is 0 Å². The van der Waals surface area contributed by atoms with Gasteiger partial charge in [-0.3, -0.25) is 0 Å². The van der Waals surface area contributed by atoms with Gasteiger partial charge in [-0.15, -0.1) is 0 Å². The third-order valence-corrected chi connectivity index (χ3v) is 2.72. The van der Waals surface area contributed by atoms with Crippen molar-refractivity contribution in [3.8, 4) is 11.1 Å². The third-order valence-electron chi connectivity index (χ3n) is 2.72. The Labute approximate surface area is 109 Å². The van der Waals surface area contributed by atoms with Crippen LogP contribution in [-0.4, -0.2) is 11.2 Å². The van der Waals surface area contributed by atoms with Gasteiger partial charge in [-0.2, -0.15) is 0 Å². The minimum Gasteiger partial charge on any atom is -0.465 e. The predicted molar refractivity (Wildman–Crippen MR) is 71.1 cm³/mol. The Balaban J connectivity index is 2.22. The van der Waals surface area contributed by atoms with Crippen LogP contribution in [0.2, 0.25) is 0 Å². The first kappa shape index (κ1) is 12.9. The number of nitrogens with two attached hydrogens (primary N) is 1. The van der Waals surface area contributed by atoms with Crippen LogP contribution in [-0.2, 0) is 6.54 Å². The third kappa shape index (κ3) is 3.22. The summed E-state index contributed by atoms with van der Waals surface area (Å²) in [5, 5.41) is 10.8. The molecule has 0 heterocycles. The number of nitrogens with one attached hydrogen (secondary N) is 1. The van der Waals surface area contributed by atoms with Crippen LogP contribution >= 0.6 is 0 Å². The summed E-state index contributed by atoms with van der Waals surface area (Å²) in [5.41, 5.74) is 8.53. The van der Waals surface area contributed by atoms with E-state index >= 15 is 0 Å². The van der Waals surface area contributed by atoms with Gasteiger partial charge in [0.15, 0.2) is 0 Å². The van der Waals surface area contributed by atoms with Crippen LogP contribution in [0.1, 0.15) is 5.56 Å². The van der Waals surface area contributed by atoms with Crippen molar-refractivity contribution in [2.45, 2.75) is 6.54 Å². The van der Waals surface area contributed by atoms with Crippen molar-refractivity contribution in [2.24, 2.45) is 0 Å². The average molecular weight is 260 g/mol. The highest BCUT2D eigenvalue weighted by molar-refractivity contribution is 5.76. The van der Waals surface area contributed by atoms with Gasteiger partial charge >= 0.3 is 6.09 Å². The highest BCUT2D eigenvalue weighted by atomic mass is 19.1. The van der Waals surface area contributed by atoms with Gasteiger partial charge in [-0.05, 0) is 29.3 Å². The fourth-order valence-electron chi connectivity index (χ4n) is 1.76. The molecule has 5 heteroatoms. The van der Waals surface area contributed by atoms with E-state index in [4.69, 9.17) is 10.8 Å². The number of rotatable bonds is 3. The van der Waals surface area contributed by atoms with Crippen LogP contribution in [0.5, 0.6) is 0 Å². The van der Waals surface area contributed by atoms with E-state index in [1.54, 1.807) is 24.3 Å². The van der Waals surface area contributed by atoms with Crippen LogP contribution in [0.3, 0.4) is 0 Å². The monoisotopic (exact) mass is 260 g/mol. The Morgan fingerprint density at radius 1 is 1.21 bits per heavy atom. The Bertz CT molecular complexity index is 597. The number of hydrogen-bond donors (Lipinski definition) is 3. The normalized spacial score (nSPS) is 10.2. The summed E-state index contributed by atoms with van der Waals surface area (Å²) >= 11 is 0. The molecule has 19 heavy (non-hydrogen) atoms. The minimum atomic E-state index is -1.07. The van der Waals surface area contributed by atoms with Gasteiger partial charge in [-0.25, -0.2) is 9.18 Å². The lowest BCUT2D eigenvalue weighted by atomic mass is 10.0. The molecular formula is C14H13FN2O2. The van der Waals surface area contributed by atoms with Crippen molar-refractivity contribution >= 4 is 11.8 Å². The molecule has 0 aromatic heterocycles. The van der Waals surface area contributed by atoms with Crippen molar-refractivity contribution < 1.29 is 14.3 Å². The van der Waals surface area contributed by atoms with Crippen molar-refractivity contribution in [1.82, 2.24) is 5.32 Å². The van der Waals surface area contributed by atoms with E-state index in [0.717, 1.165) is 11.1 Å². The van der Waals surface area contributed by atoms with Crippen molar-refractivity contribution in [3.05, 3.63) is 53.8 Å². The zero-order valence-corrected chi connectivity index (χ0v) is 10.1. The van der Waals surface area contributed by atoms with E-state index in [1.165, 1.54) is 18.2 Å². The van der Waals surface area contributed by atoms with Gasteiger partial charge in [0.1, 0.15) is 5.82 Å². The van der Waals surface area contributed by atoms with Gasteiger partial charge in [0, 0.05) is 17.8 Å². The van der Waals surface area contributed by atoms with E-state index < -0.39 is 6.09 Å². The molecule has 4 N–H and O–H groups in total. The maximum atomic E-state index is 13.2. The first-order chi connectivity index (χ1) is 9.06. The zero-order chi connectivity index (χ0) is 13.8. The van der Waals surface area contributed by atoms with Crippen LogP contribution < -0.4 is 11.1 Å². The molecule has 0 aliphatic carbocycles. The largest absolute Gasteiger partial charge is 0.465 e. The second-order valence-electron chi connectivity index (χ2n) is 4.09. The molecule has 0 bridgehead atoms. The number of carboxylic acid groups (broad SMARTS) is 1. The van der Waals surface area contributed by atoms with Gasteiger partial charge in [0.25, 0.3) is 0 Å². The maximum absolute atomic E-state index is 13.2. The standard InChI is InChI=1S/C14H13FN2O2/c15-11-5-6-13(16)12(7-11)10-3-1-9(2-4-10)8-17-14(18)19/h1-7,17H,8,16H2,(H,18,19). The predicted octanol–water partition coefficient (Wildman–Crippen LogP) is 2.84. The van der Waals surface area contributed by atoms with Crippen molar-refractivity contribution in [1.29, 1.82) is 0 Å². The molecule has 0 atom stereocenters. The Hall–Kier alpha value is -2.56. The fourth-order valence-corrected chi connectivity index (χ4v) is 1.76. The van der Waals surface area contributed by atoms with Gasteiger partial charge in [0.05, 0.1) is 0 Å². The summed E-state index contributed by atoms with van der Waals surface area (Å²) in [6.07, 6.45) is -1.07. The van der Waals surface area contributed by atoms with Crippen molar-refractivity contribution in [3.63, 3.8) is 0 Å². The first-order valence-corrected chi connectivity index (χ1v) is 5.67. The number of anilines is 1. The highest BCUT2D eigenvalue weighted by Crippen LogP contribution is 2.26. The molecule has 0 aliphatic heterocycles. The van der Waals surface area contributed by atoms with E-state index in [0.29, 0.717) is 11.3 Å². The summed E-state index contributed by atoms with van der Waals surface area (Å²) in [4.78, 5) is 10.4. The molecular weight excluding hydrogens is 247 g/mol. The second kappa shape index (κ2) is 5.39. The lowest BCUT2D eigenvalue weighted by Gasteiger charge is -2.07. The average Bonchev–Trinajstić information content (AvgIpc) is 2.40. The molecule has 2 aromatic carbocycles. The molecule has 0 fully saturated rings. The number of amides is 1. The summed E-state index contributed by atoms with van der Waals surface area (Å²) in [6, 6.07) is 11.3. The van der Waals surface area contributed by atoms with Crippen molar-refractivity contribution in [2.75, 3.05) is 5.73 Å². The van der Waals surface area contributed by atoms with Crippen LogP contribution in [0.15, 0.2) is 42.5 Å². The lowest BCUT2D eigenvalue weighted by molar-refractivity contribution is 0.194. The molecule has 0 saturated carbocycles. The SMILES string of the molecule is Nc1ccc(F)cc1-c1ccc(CNC(=O)O)cc1. The molecule has 0 aliphatic rings. The molecule has 4 nitrogen and oxygen atoms in total. The minimum absolute atomic E-state index is 0.230. The molecule has 2 aromatic rings. The van der Waals surface area contributed by atoms with E-state index in [1.807, 2.05) is 0 Å².